The number of hydrogen-bond donors (Lipinski definition) is 1. The van der Waals surface area contributed by atoms with Crippen molar-refractivity contribution in [2.45, 2.75) is 6.18 Å². The van der Waals surface area contributed by atoms with Crippen LogP contribution < -0.4 is 5.32 Å². The van der Waals surface area contributed by atoms with Crippen molar-refractivity contribution in [1.82, 2.24) is 0 Å². The average molecular weight is 273 g/mol. The van der Waals surface area contributed by atoms with Gasteiger partial charge in [0.15, 0.2) is 0 Å². The molecule has 0 fully saturated rings. The molecule has 0 spiro atoms. The molecule has 17 heavy (non-hydrogen) atoms. The van der Waals surface area contributed by atoms with Gasteiger partial charge in [0.1, 0.15) is 18.0 Å². The lowest BCUT2D eigenvalue weighted by Crippen LogP contribution is -2.21. The summed E-state index contributed by atoms with van der Waals surface area (Å²) in [4.78, 5) is 9.56. The number of rotatable bonds is 3. The normalized spacial score (nSPS) is 11.4. The van der Waals surface area contributed by atoms with Crippen LogP contribution in [0.3, 0.4) is 0 Å². The van der Waals surface area contributed by atoms with Crippen LogP contribution in [0.4, 0.5) is 28.9 Å². The van der Waals surface area contributed by atoms with Gasteiger partial charge in [-0.3, -0.25) is 10.1 Å². The summed E-state index contributed by atoms with van der Waals surface area (Å²) < 4.78 is 48.7. The summed E-state index contributed by atoms with van der Waals surface area (Å²) in [6, 6.07) is 1.20. The zero-order valence-electron chi connectivity index (χ0n) is 8.02. The minimum Gasteiger partial charge on any atom is -0.371 e. The maximum atomic E-state index is 13.0. The largest absolute Gasteiger partial charge is 0.405 e. The van der Waals surface area contributed by atoms with E-state index in [0.717, 1.165) is 0 Å². The minimum absolute atomic E-state index is 0.533. The number of hydrogen-bond acceptors (Lipinski definition) is 3. The average Bonchev–Trinajstić information content (AvgIpc) is 2.17. The van der Waals surface area contributed by atoms with Gasteiger partial charge in [0.05, 0.1) is 9.95 Å². The summed E-state index contributed by atoms with van der Waals surface area (Å²) in [5, 5.41) is 11.7. The fraction of sp³-hybridized carbons (Fsp3) is 0.250. The van der Waals surface area contributed by atoms with Crippen molar-refractivity contribution in [2.24, 2.45) is 0 Å². The van der Waals surface area contributed by atoms with E-state index in [1.807, 2.05) is 0 Å². The van der Waals surface area contributed by atoms with E-state index < -0.39 is 39.9 Å². The van der Waals surface area contributed by atoms with Crippen LogP contribution in [-0.4, -0.2) is 17.6 Å². The van der Waals surface area contributed by atoms with E-state index in [1.165, 1.54) is 0 Å². The number of anilines is 1. The Bertz CT molecular complexity index is 450. The van der Waals surface area contributed by atoms with Crippen molar-refractivity contribution in [3.05, 3.63) is 33.1 Å². The molecule has 1 aromatic rings. The molecule has 0 unspecified atom stereocenters. The topological polar surface area (TPSA) is 55.2 Å². The van der Waals surface area contributed by atoms with Crippen LogP contribution in [-0.2, 0) is 0 Å². The van der Waals surface area contributed by atoms with Crippen molar-refractivity contribution in [2.75, 3.05) is 11.9 Å². The van der Waals surface area contributed by atoms with Crippen molar-refractivity contribution < 1.29 is 22.5 Å². The van der Waals surface area contributed by atoms with E-state index >= 15 is 0 Å². The summed E-state index contributed by atoms with van der Waals surface area (Å²) in [6.07, 6.45) is -4.57. The molecular weight excluding hydrogens is 268 g/mol. The summed E-state index contributed by atoms with van der Waals surface area (Å²) in [5.41, 5.74) is -1.30. The van der Waals surface area contributed by atoms with Crippen LogP contribution in [0.1, 0.15) is 0 Å². The van der Waals surface area contributed by atoms with Gasteiger partial charge in [0.2, 0.25) is 0 Å². The molecule has 0 aliphatic heterocycles. The Morgan fingerprint density at radius 3 is 2.47 bits per heavy atom. The molecule has 0 aromatic heterocycles. The van der Waals surface area contributed by atoms with Crippen molar-refractivity contribution in [3.63, 3.8) is 0 Å². The molecule has 0 heterocycles. The van der Waals surface area contributed by atoms with Crippen molar-refractivity contribution >= 4 is 23.0 Å². The third-order valence-corrected chi connectivity index (χ3v) is 2.00. The Balaban J connectivity index is 3.05. The summed E-state index contributed by atoms with van der Waals surface area (Å²) >= 11 is 5.29. The standard InChI is InChI=1S/C8H5ClF4N2O2/c9-4-1-7(15(16)17)6(2-5(4)10)14-3-8(11,12)13/h1-2,14H,3H2. The molecule has 0 atom stereocenters. The highest BCUT2D eigenvalue weighted by Crippen LogP contribution is 2.31. The predicted octanol–water partition coefficient (Wildman–Crippen LogP) is 3.36. The number of benzene rings is 1. The second-order valence-electron chi connectivity index (χ2n) is 3.01. The third kappa shape index (κ3) is 3.74. The molecule has 0 saturated heterocycles. The van der Waals surface area contributed by atoms with Gasteiger partial charge in [-0.25, -0.2) is 4.39 Å². The van der Waals surface area contributed by atoms with E-state index in [0.29, 0.717) is 12.1 Å². The lowest BCUT2D eigenvalue weighted by Gasteiger charge is -2.10. The van der Waals surface area contributed by atoms with E-state index in [1.54, 1.807) is 5.32 Å². The quantitative estimate of drug-likeness (QED) is 0.521. The molecule has 0 radical (unpaired) electrons. The molecule has 0 amide bonds. The van der Waals surface area contributed by atoms with Crippen LogP contribution >= 0.6 is 11.6 Å². The zero-order chi connectivity index (χ0) is 13.2. The second kappa shape index (κ2) is 4.74. The molecule has 0 aliphatic carbocycles. The van der Waals surface area contributed by atoms with Gasteiger partial charge in [-0.15, -0.1) is 0 Å². The highest BCUT2D eigenvalue weighted by molar-refractivity contribution is 6.31. The molecule has 9 heteroatoms. The van der Waals surface area contributed by atoms with Gasteiger partial charge in [0.25, 0.3) is 5.69 Å². The van der Waals surface area contributed by atoms with E-state index in [9.17, 15) is 27.7 Å². The Labute approximate surface area is 97.3 Å². The molecule has 0 saturated carbocycles. The number of nitro benzene ring substituents is 1. The first-order valence-electron chi connectivity index (χ1n) is 4.15. The highest BCUT2D eigenvalue weighted by Gasteiger charge is 2.28. The SMILES string of the molecule is O=[N+]([O-])c1cc(Cl)c(F)cc1NCC(F)(F)F. The fourth-order valence-electron chi connectivity index (χ4n) is 1.02. The molecule has 0 aliphatic rings. The summed E-state index contributed by atoms with van der Waals surface area (Å²) in [6.45, 7) is -1.51. The second-order valence-corrected chi connectivity index (χ2v) is 3.42. The predicted molar refractivity (Wildman–Crippen MR) is 52.6 cm³/mol. The fourth-order valence-corrected chi connectivity index (χ4v) is 1.18. The number of nitrogens with zero attached hydrogens (tertiary/aromatic N) is 1. The van der Waals surface area contributed by atoms with Crippen molar-refractivity contribution in [3.8, 4) is 0 Å². The van der Waals surface area contributed by atoms with Gasteiger partial charge >= 0.3 is 6.18 Å². The molecule has 0 bridgehead atoms. The van der Waals surface area contributed by atoms with Gasteiger partial charge in [0, 0.05) is 12.1 Å². The molecular formula is C8H5ClF4N2O2. The first-order valence-corrected chi connectivity index (χ1v) is 4.52. The van der Waals surface area contributed by atoms with Crippen LogP contribution in [0.15, 0.2) is 12.1 Å². The smallest absolute Gasteiger partial charge is 0.371 e. The Morgan fingerprint density at radius 1 is 1.41 bits per heavy atom. The zero-order valence-corrected chi connectivity index (χ0v) is 8.77. The molecule has 1 aromatic carbocycles. The maximum Gasteiger partial charge on any atom is 0.405 e. The van der Waals surface area contributed by atoms with Gasteiger partial charge in [-0.2, -0.15) is 13.2 Å². The van der Waals surface area contributed by atoms with Crippen LogP contribution in [0.2, 0.25) is 5.02 Å². The highest BCUT2D eigenvalue weighted by atomic mass is 35.5. The minimum atomic E-state index is -4.57. The van der Waals surface area contributed by atoms with Crippen LogP contribution in [0.25, 0.3) is 0 Å². The number of nitrogens with one attached hydrogen (secondary N) is 1. The number of halogens is 5. The summed E-state index contributed by atoms with van der Waals surface area (Å²) in [7, 11) is 0. The Morgan fingerprint density at radius 2 is 2.00 bits per heavy atom. The van der Waals surface area contributed by atoms with Crippen LogP contribution in [0.5, 0.6) is 0 Å². The van der Waals surface area contributed by atoms with Crippen LogP contribution in [0, 0.1) is 15.9 Å². The van der Waals surface area contributed by atoms with E-state index in [-0.39, 0.29) is 0 Å². The molecule has 4 nitrogen and oxygen atoms in total. The first kappa shape index (κ1) is 13.5. The number of nitro groups is 1. The monoisotopic (exact) mass is 272 g/mol. The lowest BCUT2D eigenvalue weighted by atomic mass is 10.2. The third-order valence-electron chi connectivity index (χ3n) is 1.71. The van der Waals surface area contributed by atoms with Gasteiger partial charge in [-0.1, -0.05) is 11.6 Å². The van der Waals surface area contributed by atoms with Crippen molar-refractivity contribution in [1.29, 1.82) is 0 Å². The Kier molecular flexibility index (Phi) is 3.76. The maximum absolute atomic E-state index is 13.0. The van der Waals surface area contributed by atoms with E-state index in [2.05, 4.69) is 0 Å². The van der Waals surface area contributed by atoms with Gasteiger partial charge < -0.3 is 5.32 Å². The summed E-state index contributed by atoms with van der Waals surface area (Å²) in [5.74, 6) is -1.04. The molecule has 94 valence electrons. The Hall–Kier alpha value is -1.57. The van der Waals surface area contributed by atoms with E-state index in [4.69, 9.17) is 11.6 Å². The lowest BCUT2D eigenvalue weighted by molar-refractivity contribution is -0.384. The number of alkyl halides is 3. The molecule has 1 N–H and O–H groups in total. The first-order chi connectivity index (χ1) is 7.70. The van der Waals surface area contributed by atoms with Gasteiger partial charge in [-0.05, 0) is 0 Å². The molecule has 1 rings (SSSR count).